The molecule has 0 unspecified atom stereocenters. The van der Waals surface area contributed by atoms with Crippen LogP contribution in [-0.2, 0) is 13.5 Å². The normalized spacial score (nSPS) is 12.4. The van der Waals surface area contributed by atoms with Crippen LogP contribution in [0.15, 0.2) is 6.20 Å². The number of aromatic nitrogens is 3. The first kappa shape index (κ1) is 17.3. The van der Waals surface area contributed by atoms with Gasteiger partial charge in [0.2, 0.25) is 5.82 Å². The second kappa shape index (κ2) is 5.84. The standard InChI is InChI=1S/C18H27N5/c1-17(2,3)8-12-10-23(7)15-14(12)21-13(9-19)22-16(15)20-11-18(4,5)6/h10H,8,11H2,1-7H3,(H,20,21,22). The Labute approximate surface area is 138 Å². The maximum atomic E-state index is 9.27. The van der Waals surface area contributed by atoms with Crippen molar-refractivity contribution < 1.29 is 0 Å². The van der Waals surface area contributed by atoms with Gasteiger partial charge >= 0.3 is 0 Å². The van der Waals surface area contributed by atoms with Crippen molar-refractivity contribution in [1.82, 2.24) is 14.5 Å². The van der Waals surface area contributed by atoms with Gasteiger partial charge in [-0.3, -0.25) is 0 Å². The summed E-state index contributed by atoms with van der Waals surface area (Å²) in [5, 5.41) is 12.7. The number of fused-ring (bicyclic) bond motifs is 1. The minimum Gasteiger partial charge on any atom is -0.368 e. The molecule has 2 aromatic heterocycles. The van der Waals surface area contributed by atoms with Crippen LogP contribution in [0.3, 0.4) is 0 Å². The summed E-state index contributed by atoms with van der Waals surface area (Å²) in [7, 11) is 2.01. The number of nitrogens with one attached hydrogen (secondary N) is 1. The van der Waals surface area contributed by atoms with Crippen molar-refractivity contribution in [2.24, 2.45) is 17.9 Å². The molecule has 0 aliphatic rings. The highest BCUT2D eigenvalue weighted by Crippen LogP contribution is 2.30. The minimum atomic E-state index is 0.128. The van der Waals surface area contributed by atoms with Gasteiger partial charge in [0, 0.05) is 19.8 Å². The summed E-state index contributed by atoms with van der Waals surface area (Å²) in [6, 6.07) is 2.08. The van der Waals surface area contributed by atoms with Gasteiger partial charge in [0.15, 0.2) is 5.82 Å². The van der Waals surface area contributed by atoms with Crippen LogP contribution in [-0.4, -0.2) is 21.1 Å². The second-order valence-electron chi connectivity index (χ2n) is 8.62. The van der Waals surface area contributed by atoms with E-state index >= 15 is 0 Å². The highest BCUT2D eigenvalue weighted by Gasteiger charge is 2.20. The largest absolute Gasteiger partial charge is 0.368 e. The van der Waals surface area contributed by atoms with E-state index in [1.165, 1.54) is 0 Å². The Morgan fingerprint density at radius 1 is 1.13 bits per heavy atom. The van der Waals surface area contributed by atoms with Crippen LogP contribution in [0, 0.1) is 22.2 Å². The number of aryl methyl sites for hydroxylation is 1. The van der Waals surface area contributed by atoms with Gasteiger partial charge in [0.25, 0.3) is 0 Å². The first-order chi connectivity index (χ1) is 10.5. The Kier molecular flexibility index (Phi) is 4.39. The number of anilines is 1. The van der Waals surface area contributed by atoms with E-state index in [0.717, 1.165) is 35.4 Å². The summed E-state index contributed by atoms with van der Waals surface area (Å²) < 4.78 is 2.06. The number of hydrogen-bond donors (Lipinski definition) is 1. The lowest BCUT2D eigenvalue weighted by Gasteiger charge is -2.20. The topological polar surface area (TPSA) is 66.5 Å². The fourth-order valence-corrected chi connectivity index (χ4v) is 2.60. The predicted octanol–water partition coefficient (Wildman–Crippen LogP) is 3.89. The number of rotatable bonds is 3. The van der Waals surface area contributed by atoms with Crippen molar-refractivity contribution in [2.75, 3.05) is 11.9 Å². The predicted molar refractivity (Wildman–Crippen MR) is 94.3 cm³/mol. The molecule has 0 aliphatic carbocycles. The van der Waals surface area contributed by atoms with Crippen LogP contribution in [0.2, 0.25) is 0 Å². The van der Waals surface area contributed by atoms with E-state index in [-0.39, 0.29) is 16.7 Å². The summed E-state index contributed by atoms with van der Waals surface area (Å²) >= 11 is 0. The number of hydrogen-bond acceptors (Lipinski definition) is 4. The van der Waals surface area contributed by atoms with Crippen molar-refractivity contribution in [3.05, 3.63) is 17.6 Å². The molecule has 0 aromatic carbocycles. The molecule has 23 heavy (non-hydrogen) atoms. The van der Waals surface area contributed by atoms with Gasteiger partial charge in [-0.2, -0.15) is 10.2 Å². The molecule has 0 radical (unpaired) electrons. The maximum Gasteiger partial charge on any atom is 0.234 e. The molecule has 124 valence electrons. The Balaban J connectivity index is 2.57. The van der Waals surface area contributed by atoms with Crippen molar-refractivity contribution in [3.63, 3.8) is 0 Å². The molecule has 5 heteroatoms. The lowest BCUT2D eigenvalue weighted by molar-refractivity contribution is 0.412. The van der Waals surface area contributed by atoms with Crippen molar-refractivity contribution >= 4 is 16.9 Å². The molecule has 2 aromatic rings. The van der Waals surface area contributed by atoms with Crippen LogP contribution in [0.25, 0.3) is 11.0 Å². The quantitative estimate of drug-likeness (QED) is 0.933. The van der Waals surface area contributed by atoms with Gasteiger partial charge in [0.1, 0.15) is 11.6 Å². The van der Waals surface area contributed by atoms with E-state index in [9.17, 15) is 5.26 Å². The highest BCUT2D eigenvalue weighted by molar-refractivity contribution is 5.89. The fourth-order valence-electron chi connectivity index (χ4n) is 2.60. The van der Waals surface area contributed by atoms with Gasteiger partial charge < -0.3 is 9.88 Å². The lowest BCUT2D eigenvalue weighted by Crippen LogP contribution is -2.20. The molecule has 1 N–H and O–H groups in total. The Bertz CT molecular complexity index is 751. The first-order valence-electron chi connectivity index (χ1n) is 8.00. The highest BCUT2D eigenvalue weighted by atomic mass is 15.1. The van der Waals surface area contributed by atoms with Gasteiger partial charge in [-0.15, -0.1) is 0 Å². The molecule has 2 rings (SSSR count). The zero-order chi connectivity index (χ0) is 17.4. The molecule has 0 fully saturated rings. The first-order valence-corrected chi connectivity index (χ1v) is 8.00. The molecule has 0 aliphatic heterocycles. The van der Waals surface area contributed by atoms with E-state index in [0.29, 0.717) is 0 Å². The average Bonchev–Trinajstić information content (AvgIpc) is 2.69. The van der Waals surface area contributed by atoms with Crippen LogP contribution in [0.4, 0.5) is 5.82 Å². The molecular weight excluding hydrogens is 286 g/mol. The van der Waals surface area contributed by atoms with E-state index in [4.69, 9.17) is 0 Å². The minimum absolute atomic E-state index is 0.128. The summed E-state index contributed by atoms with van der Waals surface area (Å²) in [6.07, 6.45) is 3.01. The Morgan fingerprint density at radius 3 is 2.30 bits per heavy atom. The average molecular weight is 313 g/mol. The van der Waals surface area contributed by atoms with Crippen molar-refractivity contribution in [3.8, 4) is 6.07 Å². The van der Waals surface area contributed by atoms with Gasteiger partial charge in [-0.25, -0.2) is 4.98 Å². The number of nitrogens with zero attached hydrogens (tertiary/aromatic N) is 4. The Morgan fingerprint density at radius 2 is 1.78 bits per heavy atom. The second-order valence-corrected chi connectivity index (χ2v) is 8.62. The molecule has 0 amide bonds. The summed E-state index contributed by atoms with van der Waals surface area (Å²) in [6.45, 7) is 13.9. The fraction of sp³-hybridized carbons (Fsp3) is 0.611. The van der Waals surface area contributed by atoms with Crippen molar-refractivity contribution in [1.29, 1.82) is 5.26 Å². The van der Waals surface area contributed by atoms with E-state index in [2.05, 4.69) is 73.7 Å². The van der Waals surface area contributed by atoms with Crippen LogP contribution >= 0.6 is 0 Å². The molecule has 5 nitrogen and oxygen atoms in total. The summed E-state index contributed by atoms with van der Waals surface area (Å²) in [5.74, 6) is 0.958. The van der Waals surface area contributed by atoms with E-state index in [1.54, 1.807) is 0 Å². The third-order valence-corrected chi connectivity index (χ3v) is 3.50. The Hall–Kier alpha value is -2.09. The molecule has 0 spiro atoms. The van der Waals surface area contributed by atoms with Crippen molar-refractivity contribution in [2.45, 2.75) is 48.0 Å². The molecular formula is C18H27N5. The monoisotopic (exact) mass is 313 g/mol. The van der Waals surface area contributed by atoms with E-state index < -0.39 is 0 Å². The molecule has 0 bridgehead atoms. The molecule has 0 saturated heterocycles. The summed E-state index contributed by atoms with van der Waals surface area (Å²) in [4.78, 5) is 8.86. The molecule has 2 heterocycles. The zero-order valence-electron chi connectivity index (χ0n) is 15.3. The summed E-state index contributed by atoms with van der Waals surface area (Å²) in [5.41, 5.74) is 3.29. The van der Waals surface area contributed by atoms with Gasteiger partial charge in [0.05, 0.1) is 5.52 Å². The maximum absolute atomic E-state index is 9.27. The van der Waals surface area contributed by atoms with Crippen LogP contribution in [0.1, 0.15) is 52.9 Å². The lowest BCUT2D eigenvalue weighted by atomic mass is 9.89. The smallest absolute Gasteiger partial charge is 0.234 e. The van der Waals surface area contributed by atoms with Gasteiger partial charge in [-0.1, -0.05) is 41.5 Å². The van der Waals surface area contributed by atoms with Crippen LogP contribution in [0.5, 0.6) is 0 Å². The molecule has 0 atom stereocenters. The SMILES string of the molecule is Cn1cc(CC(C)(C)C)c2nc(C#N)nc(NCC(C)(C)C)c21. The zero-order valence-corrected chi connectivity index (χ0v) is 15.3. The third-order valence-electron chi connectivity index (χ3n) is 3.50. The third kappa shape index (κ3) is 4.22. The van der Waals surface area contributed by atoms with Crippen LogP contribution < -0.4 is 5.32 Å². The van der Waals surface area contributed by atoms with Gasteiger partial charge in [-0.05, 0) is 22.8 Å². The van der Waals surface area contributed by atoms with E-state index in [1.807, 2.05) is 7.05 Å². The molecule has 0 saturated carbocycles. The number of nitriles is 1.